The van der Waals surface area contributed by atoms with E-state index in [0.29, 0.717) is 64.2 Å². The molecule has 0 saturated carbocycles. The molecule has 176 valence electrons. The van der Waals surface area contributed by atoms with E-state index in [1.807, 2.05) is 32.0 Å². The van der Waals surface area contributed by atoms with E-state index >= 15 is 0 Å². The predicted molar refractivity (Wildman–Crippen MR) is 118 cm³/mol. The number of nitrogens with one attached hydrogen (secondary N) is 1. The molecule has 2 unspecified atom stereocenters. The van der Waals surface area contributed by atoms with Crippen molar-refractivity contribution < 1.29 is 28.5 Å². The zero-order chi connectivity index (χ0) is 22.3. The van der Waals surface area contributed by atoms with Crippen LogP contribution in [-0.4, -0.2) is 89.0 Å². The SMILES string of the molecule is CC.CCOC(=O)COCCOCCOCCOc1cccc(N2CC3CC2CN3)n1. The molecule has 1 N–H and O–H groups in total. The fourth-order valence-electron chi connectivity index (χ4n) is 3.49. The van der Waals surface area contributed by atoms with Crippen LogP contribution >= 0.6 is 0 Å². The lowest BCUT2D eigenvalue weighted by molar-refractivity contribution is -0.149. The van der Waals surface area contributed by atoms with E-state index in [2.05, 4.69) is 15.2 Å². The minimum atomic E-state index is -0.361. The summed E-state index contributed by atoms with van der Waals surface area (Å²) in [5.74, 6) is 1.24. The van der Waals surface area contributed by atoms with Gasteiger partial charge >= 0.3 is 5.97 Å². The number of fused-ring (bicyclic) bond motifs is 2. The zero-order valence-corrected chi connectivity index (χ0v) is 19.0. The van der Waals surface area contributed by atoms with E-state index in [0.717, 1.165) is 18.9 Å². The van der Waals surface area contributed by atoms with Gasteiger partial charge in [0.15, 0.2) is 0 Å². The van der Waals surface area contributed by atoms with Crippen molar-refractivity contribution >= 4 is 11.8 Å². The van der Waals surface area contributed by atoms with E-state index < -0.39 is 0 Å². The Morgan fingerprint density at radius 2 is 1.81 bits per heavy atom. The molecule has 3 heterocycles. The number of aromatic nitrogens is 1. The van der Waals surface area contributed by atoms with Gasteiger partial charge in [-0.05, 0) is 19.4 Å². The standard InChI is InChI=1S/C20H31N3O6.C2H6/c1-2-28-20(24)15-27-9-8-25-6-7-26-10-11-29-19-5-3-4-18(22-19)23-14-16-12-17(23)13-21-16;1-2/h3-5,16-17,21H,2,6-15H2,1H3;1-2H3. The Bertz CT molecular complexity index is 633. The summed E-state index contributed by atoms with van der Waals surface area (Å²) in [6.07, 6.45) is 1.19. The molecular weight excluding hydrogens is 402 g/mol. The Balaban J connectivity index is 0.00000166. The molecule has 9 nitrogen and oxygen atoms in total. The third-order valence-corrected chi connectivity index (χ3v) is 4.81. The molecule has 0 radical (unpaired) electrons. The number of nitrogens with zero attached hydrogens (tertiary/aromatic N) is 2. The molecule has 2 fully saturated rings. The Kier molecular flexibility index (Phi) is 12.2. The first-order chi connectivity index (χ1) is 15.3. The molecule has 3 rings (SSSR count). The summed E-state index contributed by atoms with van der Waals surface area (Å²) in [4.78, 5) is 18.0. The topological polar surface area (TPSA) is 91.4 Å². The average Bonchev–Trinajstić information content (AvgIpc) is 3.43. The van der Waals surface area contributed by atoms with Gasteiger partial charge in [-0.2, -0.15) is 4.98 Å². The van der Waals surface area contributed by atoms with Crippen molar-refractivity contribution in [2.75, 3.05) is 70.8 Å². The van der Waals surface area contributed by atoms with E-state index in [-0.39, 0.29) is 12.6 Å². The lowest BCUT2D eigenvalue weighted by atomic mass is 10.2. The van der Waals surface area contributed by atoms with E-state index in [1.54, 1.807) is 6.92 Å². The monoisotopic (exact) mass is 439 g/mol. The number of hydrogen-bond donors (Lipinski definition) is 1. The molecule has 1 aromatic rings. The second-order valence-electron chi connectivity index (χ2n) is 6.91. The number of ether oxygens (including phenoxy) is 5. The normalized spacial score (nSPS) is 19.1. The first-order valence-electron chi connectivity index (χ1n) is 11.2. The highest BCUT2D eigenvalue weighted by Gasteiger charge is 2.38. The second-order valence-corrected chi connectivity index (χ2v) is 6.91. The number of esters is 1. The summed E-state index contributed by atoms with van der Waals surface area (Å²) in [6, 6.07) is 7.02. The fourth-order valence-corrected chi connectivity index (χ4v) is 3.49. The van der Waals surface area contributed by atoms with Gasteiger partial charge in [-0.1, -0.05) is 19.9 Å². The summed E-state index contributed by atoms with van der Waals surface area (Å²) < 4.78 is 26.5. The van der Waals surface area contributed by atoms with Gasteiger partial charge in [-0.3, -0.25) is 0 Å². The Morgan fingerprint density at radius 3 is 2.45 bits per heavy atom. The summed E-state index contributed by atoms with van der Waals surface area (Å²) in [5, 5.41) is 3.50. The summed E-state index contributed by atoms with van der Waals surface area (Å²) in [6.45, 7) is 10.7. The number of carbonyl (C=O) groups excluding carboxylic acids is 1. The first kappa shape index (κ1) is 25.3. The van der Waals surface area contributed by atoms with Gasteiger partial charge in [-0.25, -0.2) is 4.79 Å². The van der Waals surface area contributed by atoms with Crippen molar-refractivity contribution in [2.24, 2.45) is 0 Å². The number of piperazine rings is 1. The van der Waals surface area contributed by atoms with Gasteiger partial charge in [0.2, 0.25) is 5.88 Å². The number of hydrogen-bond acceptors (Lipinski definition) is 9. The summed E-state index contributed by atoms with van der Waals surface area (Å²) in [5.41, 5.74) is 0. The van der Waals surface area contributed by atoms with E-state index in [9.17, 15) is 4.79 Å². The van der Waals surface area contributed by atoms with Gasteiger partial charge in [0, 0.05) is 31.2 Å². The summed E-state index contributed by atoms with van der Waals surface area (Å²) in [7, 11) is 0. The van der Waals surface area contributed by atoms with Crippen LogP contribution in [0, 0.1) is 0 Å². The Labute approximate surface area is 185 Å². The van der Waals surface area contributed by atoms with Gasteiger partial charge in [-0.15, -0.1) is 0 Å². The first-order valence-corrected chi connectivity index (χ1v) is 11.2. The van der Waals surface area contributed by atoms with Crippen molar-refractivity contribution in [3.05, 3.63) is 18.2 Å². The molecular formula is C22H37N3O6. The Morgan fingerprint density at radius 1 is 1.10 bits per heavy atom. The molecule has 2 aliphatic rings. The maximum absolute atomic E-state index is 11.1. The van der Waals surface area contributed by atoms with Crippen LogP contribution in [0.2, 0.25) is 0 Å². The van der Waals surface area contributed by atoms with Crippen molar-refractivity contribution in [2.45, 2.75) is 39.3 Å². The lowest BCUT2D eigenvalue weighted by Crippen LogP contribution is -2.44. The minimum absolute atomic E-state index is 0.0455. The smallest absolute Gasteiger partial charge is 0.332 e. The van der Waals surface area contributed by atoms with Crippen LogP contribution in [0.1, 0.15) is 27.2 Å². The molecule has 0 amide bonds. The van der Waals surface area contributed by atoms with Gasteiger partial charge < -0.3 is 33.9 Å². The van der Waals surface area contributed by atoms with Crippen LogP contribution < -0.4 is 15.0 Å². The Hall–Kier alpha value is -1.94. The maximum Gasteiger partial charge on any atom is 0.332 e. The van der Waals surface area contributed by atoms with Crippen LogP contribution in [0.3, 0.4) is 0 Å². The van der Waals surface area contributed by atoms with Crippen LogP contribution in [0.5, 0.6) is 5.88 Å². The van der Waals surface area contributed by atoms with Crippen LogP contribution in [0.4, 0.5) is 5.82 Å². The van der Waals surface area contributed by atoms with Crippen molar-refractivity contribution in [1.82, 2.24) is 10.3 Å². The molecule has 9 heteroatoms. The van der Waals surface area contributed by atoms with Crippen molar-refractivity contribution in [3.63, 3.8) is 0 Å². The third kappa shape index (κ3) is 8.98. The second kappa shape index (κ2) is 15.0. The summed E-state index contributed by atoms with van der Waals surface area (Å²) >= 11 is 0. The number of carbonyl (C=O) groups is 1. The molecule has 31 heavy (non-hydrogen) atoms. The van der Waals surface area contributed by atoms with Gasteiger partial charge in [0.1, 0.15) is 19.0 Å². The molecule has 1 aromatic heterocycles. The van der Waals surface area contributed by atoms with Crippen molar-refractivity contribution in [1.29, 1.82) is 0 Å². The van der Waals surface area contributed by atoms with Crippen molar-refractivity contribution in [3.8, 4) is 5.88 Å². The average molecular weight is 440 g/mol. The number of rotatable bonds is 14. The largest absolute Gasteiger partial charge is 0.475 e. The van der Waals surface area contributed by atoms with Gasteiger partial charge in [0.25, 0.3) is 0 Å². The van der Waals surface area contributed by atoms with E-state index in [4.69, 9.17) is 23.7 Å². The maximum atomic E-state index is 11.1. The number of pyridine rings is 1. The highest BCUT2D eigenvalue weighted by Crippen LogP contribution is 2.28. The minimum Gasteiger partial charge on any atom is -0.475 e. The van der Waals surface area contributed by atoms with Crippen LogP contribution in [0.15, 0.2) is 18.2 Å². The van der Waals surface area contributed by atoms with Crippen LogP contribution in [-0.2, 0) is 23.7 Å². The third-order valence-electron chi connectivity index (χ3n) is 4.81. The molecule has 0 aliphatic carbocycles. The van der Waals surface area contributed by atoms with Crippen LogP contribution in [0.25, 0.3) is 0 Å². The molecule has 0 spiro atoms. The molecule has 2 bridgehead atoms. The molecule has 2 saturated heterocycles. The lowest BCUT2D eigenvalue weighted by Gasteiger charge is -2.28. The molecule has 2 atom stereocenters. The highest BCUT2D eigenvalue weighted by molar-refractivity contribution is 5.70. The zero-order valence-electron chi connectivity index (χ0n) is 19.0. The fraction of sp³-hybridized carbons (Fsp3) is 0.727. The quantitative estimate of drug-likeness (QED) is 0.343. The highest BCUT2D eigenvalue weighted by atomic mass is 16.6. The number of anilines is 1. The molecule has 2 aliphatic heterocycles. The molecule has 0 aromatic carbocycles. The van der Waals surface area contributed by atoms with E-state index in [1.165, 1.54) is 6.42 Å². The predicted octanol–water partition coefficient (Wildman–Crippen LogP) is 1.65. The van der Waals surface area contributed by atoms with Gasteiger partial charge in [0.05, 0.1) is 39.6 Å².